The van der Waals surface area contributed by atoms with Crippen molar-refractivity contribution in [2.75, 3.05) is 32.9 Å². The van der Waals surface area contributed by atoms with Crippen LogP contribution in [0.25, 0.3) is 0 Å². The molecule has 4 rings (SSSR count). The van der Waals surface area contributed by atoms with Gasteiger partial charge in [-0.25, -0.2) is 0 Å². The van der Waals surface area contributed by atoms with Crippen molar-refractivity contribution in [3.8, 4) is 0 Å². The molecule has 2 aliphatic heterocycles. The van der Waals surface area contributed by atoms with Crippen molar-refractivity contribution >= 4 is 5.91 Å². The van der Waals surface area contributed by atoms with Crippen molar-refractivity contribution in [1.29, 1.82) is 0 Å². The van der Waals surface area contributed by atoms with Crippen molar-refractivity contribution in [3.63, 3.8) is 0 Å². The van der Waals surface area contributed by atoms with E-state index in [0.717, 1.165) is 58.6 Å². The van der Waals surface area contributed by atoms with Gasteiger partial charge < -0.3 is 14.4 Å². The van der Waals surface area contributed by atoms with Gasteiger partial charge in [0.25, 0.3) is 0 Å². The van der Waals surface area contributed by atoms with Gasteiger partial charge in [-0.05, 0) is 25.7 Å². The first-order valence-electron chi connectivity index (χ1n) is 8.74. The van der Waals surface area contributed by atoms with Gasteiger partial charge in [-0.3, -0.25) is 4.79 Å². The standard InChI is InChI=1S/C17H27NO3/c19-15(14-11-16(14)7-9-20-13-16)18-8-10-21-17(12-18)5-3-1-2-4-6-17/h14H,1-13H2. The number of nitrogens with zero attached hydrogens (tertiary/aromatic N) is 1. The fraction of sp³-hybridized carbons (Fsp3) is 0.941. The molecule has 0 aromatic carbocycles. The summed E-state index contributed by atoms with van der Waals surface area (Å²) in [4.78, 5) is 15.0. The quantitative estimate of drug-likeness (QED) is 0.745. The van der Waals surface area contributed by atoms with Crippen LogP contribution < -0.4 is 0 Å². The highest BCUT2D eigenvalue weighted by atomic mass is 16.5. The Bertz CT molecular complexity index is 408. The summed E-state index contributed by atoms with van der Waals surface area (Å²) in [5, 5.41) is 0. The Balaban J connectivity index is 1.42. The molecule has 2 atom stereocenters. The molecule has 4 aliphatic rings. The Hall–Kier alpha value is -0.610. The molecule has 2 spiro atoms. The van der Waals surface area contributed by atoms with E-state index in [1.807, 2.05) is 0 Å². The molecule has 1 amide bonds. The Morgan fingerprint density at radius 2 is 1.86 bits per heavy atom. The number of hydrogen-bond donors (Lipinski definition) is 0. The van der Waals surface area contributed by atoms with Crippen molar-refractivity contribution in [1.82, 2.24) is 4.90 Å². The minimum Gasteiger partial charge on any atom is -0.381 e. The topological polar surface area (TPSA) is 38.8 Å². The third kappa shape index (κ3) is 2.50. The molecule has 2 saturated heterocycles. The number of amides is 1. The fourth-order valence-electron chi connectivity index (χ4n) is 4.68. The first-order chi connectivity index (χ1) is 10.2. The maximum atomic E-state index is 12.8. The van der Waals surface area contributed by atoms with Crippen molar-refractivity contribution in [2.45, 2.75) is 57.0 Å². The summed E-state index contributed by atoms with van der Waals surface area (Å²) in [7, 11) is 0. The molecule has 4 heteroatoms. The van der Waals surface area contributed by atoms with Gasteiger partial charge in [0.2, 0.25) is 5.91 Å². The highest BCUT2D eigenvalue weighted by Gasteiger charge is 2.61. The highest BCUT2D eigenvalue weighted by Crippen LogP contribution is 2.58. The van der Waals surface area contributed by atoms with Crippen molar-refractivity contribution in [2.24, 2.45) is 11.3 Å². The van der Waals surface area contributed by atoms with E-state index >= 15 is 0 Å². The number of carbonyl (C=O) groups excluding carboxylic acids is 1. The number of carbonyl (C=O) groups is 1. The van der Waals surface area contributed by atoms with Crippen LogP contribution in [0.2, 0.25) is 0 Å². The van der Waals surface area contributed by atoms with E-state index in [1.165, 1.54) is 25.7 Å². The largest absolute Gasteiger partial charge is 0.381 e. The van der Waals surface area contributed by atoms with Crippen LogP contribution in [0.1, 0.15) is 51.4 Å². The molecule has 2 heterocycles. The number of morpholine rings is 1. The summed E-state index contributed by atoms with van der Waals surface area (Å²) in [5.41, 5.74) is 0.185. The maximum absolute atomic E-state index is 12.8. The van der Waals surface area contributed by atoms with E-state index in [0.29, 0.717) is 5.91 Å². The molecule has 118 valence electrons. The van der Waals surface area contributed by atoms with E-state index in [4.69, 9.17) is 9.47 Å². The van der Waals surface area contributed by atoms with Crippen LogP contribution in [0, 0.1) is 11.3 Å². The van der Waals surface area contributed by atoms with Crippen LogP contribution in [-0.4, -0.2) is 49.3 Å². The second-order valence-corrected chi connectivity index (χ2v) is 7.63. The van der Waals surface area contributed by atoms with E-state index in [-0.39, 0.29) is 16.9 Å². The smallest absolute Gasteiger partial charge is 0.226 e. The predicted octanol–water partition coefficient (Wildman–Crippen LogP) is 2.36. The lowest BCUT2D eigenvalue weighted by Crippen LogP contribution is -2.54. The molecule has 0 aromatic heterocycles. The van der Waals surface area contributed by atoms with Crippen LogP contribution in [0.3, 0.4) is 0 Å². The number of hydrogen-bond acceptors (Lipinski definition) is 3. The van der Waals surface area contributed by atoms with E-state index in [1.54, 1.807) is 0 Å². The zero-order valence-electron chi connectivity index (χ0n) is 12.9. The summed E-state index contributed by atoms with van der Waals surface area (Å²) in [6, 6.07) is 0. The van der Waals surface area contributed by atoms with Gasteiger partial charge >= 0.3 is 0 Å². The molecule has 0 aromatic rings. The van der Waals surface area contributed by atoms with Gasteiger partial charge in [0.15, 0.2) is 0 Å². The summed E-state index contributed by atoms with van der Waals surface area (Å²) in [6.45, 7) is 3.99. The van der Waals surface area contributed by atoms with E-state index in [2.05, 4.69) is 4.90 Å². The predicted molar refractivity (Wildman–Crippen MR) is 78.9 cm³/mol. The molecule has 0 radical (unpaired) electrons. The van der Waals surface area contributed by atoms with E-state index in [9.17, 15) is 4.79 Å². The molecule has 0 N–H and O–H groups in total. The van der Waals surface area contributed by atoms with Crippen LogP contribution in [0.15, 0.2) is 0 Å². The molecule has 2 saturated carbocycles. The Labute approximate surface area is 127 Å². The summed E-state index contributed by atoms with van der Waals surface area (Å²) in [5.74, 6) is 0.619. The minimum absolute atomic E-state index is 0.0291. The Kier molecular flexibility index (Phi) is 3.49. The van der Waals surface area contributed by atoms with Gasteiger partial charge in [-0.15, -0.1) is 0 Å². The van der Waals surface area contributed by atoms with Crippen molar-refractivity contribution < 1.29 is 14.3 Å². The third-order valence-corrected chi connectivity index (χ3v) is 6.20. The third-order valence-electron chi connectivity index (χ3n) is 6.20. The molecule has 21 heavy (non-hydrogen) atoms. The zero-order chi connectivity index (χ0) is 14.3. The SMILES string of the molecule is O=C(C1CC12CCOC2)N1CCOC2(CCCCCC2)C1. The monoisotopic (exact) mass is 293 g/mol. The molecule has 4 fully saturated rings. The maximum Gasteiger partial charge on any atom is 0.226 e. The van der Waals surface area contributed by atoms with Crippen LogP contribution in [0.4, 0.5) is 0 Å². The van der Waals surface area contributed by atoms with Gasteiger partial charge in [-0.1, -0.05) is 25.7 Å². The number of ether oxygens (including phenoxy) is 2. The minimum atomic E-state index is -0.0291. The van der Waals surface area contributed by atoms with Crippen LogP contribution in [-0.2, 0) is 14.3 Å². The molecule has 2 aliphatic carbocycles. The lowest BCUT2D eigenvalue weighted by molar-refractivity contribution is -0.155. The Morgan fingerprint density at radius 3 is 2.57 bits per heavy atom. The van der Waals surface area contributed by atoms with Gasteiger partial charge in [0.1, 0.15) is 0 Å². The fourth-order valence-corrected chi connectivity index (χ4v) is 4.68. The average molecular weight is 293 g/mol. The highest BCUT2D eigenvalue weighted by molar-refractivity contribution is 5.83. The second-order valence-electron chi connectivity index (χ2n) is 7.63. The molecule has 2 unspecified atom stereocenters. The normalized spacial score (nSPS) is 38.7. The molecular formula is C17H27NO3. The summed E-state index contributed by atoms with van der Waals surface area (Å²) < 4.78 is 11.7. The van der Waals surface area contributed by atoms with Gasteiger partial charge in [-0.2, -0.15) is 0 Å². The molecular weight excluding hydrogens is 266 g/mol. The zero-order valence-corrected chi connectivity index (χ0v) is 12.9. The molecule has 4 nitrogen and oxygen atoms in total. The first kappa shape index (κ1) is 14.0. The second kappa shape index (κ2) is 5.24. The Morgan fingerprint density at radius 1 is 1.05 bits per heavy atom. The lowest BCUT2D eigenvalue weighted by Gasteiger charge is -2.43. The summed E-state index contributed by atoms with van der Waals surface area (Å²) in [6.07, 6.45) is 9.55. The van der Waals surface area contributed by atoms with E-state index < -0.39 is 0 Å². The van der Waals surface area contributed by atoms with Gasteiger partial charge in [0, 0.05) is 31.0 Å². The van der Waals surface area contributed by atoms with Gasteiger partial charge in [0.05, 0.1) is 18.8 Å². The molecule has 0 bridgehead atoms. The number of rotatable bonds is 1. The lowest BCUT2D eigenvalue weighted by atomic mass is 9.91. The van der Waals surface area contributed by atoms with Crippen molar-refractivity contribution in [3.05, 3.63) is 0 Å². The average Bonchev–Trinajstić information content (AvgIpc) is 3.07. The first-order valence-corrected chi connectivity index (χ1v) is 8.74. The summed E-state index contributed by atoms with van der Waals surface area (Å²) >= 11 is 0. The van der Waals surface area contributed by atoms with Crippen LogP contribution in [0.5, 0.6) is 0 Å². The van der Waals surface area contributed by atoms with Crippen LogP contribution >= 0.6 is 0 Å².